The van der Waals surface area contributed by atoms with Gasteiger partial charge >= 0.3 is 0 Å². The summed E-state index contributed by atoms with van der Waals surface area (Å²) in [7, 11) is 1.55. The molecule has 1 aliphatic heterocycles. The molecule has 2 aromatic carbocycles. The molecule has 0 atom stereocenters. The standard InChI is InChI=1S/C17H17NO5/c1-20-14-5-3-2-4-13(14)18-17(19)11-23-12-6-7-15-16(10-12)22-9-8-21-15/h2-7,10H,8-9,11H2,1H3,(H,18,19). The fourth-order valence-corrected chi connectivity index (χ4v) is 2.20. The summed E-state index contributed by atoms with van der Waals surface area (Å²) < 4.78 is 21.6. The van der Waals surface area contributed by atoms with Crippen LogP contribution in [0.1, 0.15) is 0 Å². The van der Waals surface area contributed by atoms with Crippen LogP contribution in [0.15, 0.2) is 42.5 Å². The maximum absolute atomic E-state index is 12.0. The van der Waals surface area contributed by atoms with Crippen LogP contribution in [0.25, 0.3) is 0 Å². The number of carbonyl (C=O) groups excluding carboxylic acids is 1. The van der Waals surface area contributed by atoms with Gasteiger partial charge in [0.15, 0.2) is 18.1 Å². The van der Waals surface area contributed by atoms with E-state index in [1.807, 2.05) is 12.1 Å². The maximum atomic E-state index is 12.0. The second-order valence-corrected chi connectivity index (χ2v) is 4.84. The van der Waals surface area contributed by atoms with E-state index in [0.717, 1.165) is 0 Å². The van der Waals surface area contributed by atoms with Crippen LogP contribution in [0.3, 0.4) is 0 Å². The number of methoxy groups -OCH3 is 1. The monoisotopic (exact) mass is 315 g/mol. The predicted octanol–water partition coefficient (Wildman–Crippen LogP) is 2.48. The van der Waals surface area contributed by atoms with Gasteiger partial charge in [0.2, 0.25) is 0 Å². The number of hydrogen-bond donors (Lipinski definition) is 1. The van der Waals surface area contributed by atoms with Crippen LogP contribution >= 0.6 is 0 Å². The van der Waals surface area contributed by atoms with E-state index in [1.165, 1.54) is 0 Å². The zero-order chi connectivity index (χ0) is 16.1. The van der Waals surface area contributed by atoms with Crippen molar-refractivity contribution in [3.63, 3.8) is 0 Å². The summed E-state index contributed by atoms with van der Waals surface area (Å²) in [6.45, 7) is 0.928. The minimum absolute atomic E-state index is 0.113. The minimum Gasteiger partial charge on any atom is -0.495 e. The van der Waals surface area contributed by atoms with Crippen molar-refractivity contribution >= 4 is 11.6 Å². The smallest absolute Gasteiger partial charge is 0.262 e. The average molecular weight is 315 g/mol. The number of fused-ring (bicyclic) bond motifs is 1. The van der Waals surface area contributed by atoms with Gasteiger partial charge in [-0.1, -0.05) is 12.1 Å². The summed E-state index contributed by atoms with van der Waals surface area (Å²) in [5.74, 6) is 2.18. The normalized spacial score (nSPS) is 12.4. The van der Waals surface area contributed by atoms with Crippen LogP contribution < -0.4 is 24.3 Å². The Labute approximate surface area is 133 Å². The molecular formula is C17H17NO5. The molecule has 0 aliphatic carbocycles. The number of nitrogens with one attached hydrogen (secondary N) is 1. The molecule has 0 saturated heterocycles. The molecule has 0 saturated carbocycles. The van der Waals surface area contributed by atoms with Gasteiger partial charge in [-0.05, 0) is 24.3 Å². The third-order valence-corrected chi connectivity index (χ3v) is 3.26. The summed E-state index contributed by atoms with van der Waals surface area (Å²) in [5, 5.41) is 2.75. The molecule has 6 nitrogen and oxygen atoms in total. The van der Waals surface area contributed by atoms with Crippen LogP contribution in [-0.2, 0) is 4.79 Å². The first-order valence-corrected chi connectivity index (χ1v) is 7.21. The lowest BCUT2D eigenvalue weighted by Crippen LogP contribution is -2.20. The minimum atomic E-state index is -0.274. The van der Waals surface area contributed by atoms with Gasteiger partial charge in [0.05, 0.1) is 12.8 Å². The number of carbonyl (C=O) groups is 1. The van der Waals surface area contributed by atoms with Crippen molar-refractivity contribution in [3.05, 3.63) is 42.5 Å². The highest BCUT2D eigenvalue weighted by Crippen LogP contribution is 2.33. The Morgan fingerprint density at radius 1 is 1.13 bits per heavy atom. The quantitative estimate of drug-likeness (QED) is 0.918. The second kappa shape index (κ2) is 6.91. The summed E-state index contributed by atoms with van der Waals surface area (Å²) in [4.78, 5) is 12.0. The fourth-order valence-electron chi connectivity index (χ4n) is 2.20. The SMILES string of the molecule is COc1ccccc1NC(=O)COc1ccc2c(c1)OCCO2. The molecule has 0 radical (unpaired) electrons. The molecule has 1 aliphatic rings. The van der Waals surface area contributed by atoms with Crippen LogP contribution in [0, 0.1) is 0 Å². The topological polar surface area (TPSA) is 66.0 Å². The molecule has 0 spiro atoms. The van der Waals surface area contributed by atoms with E-state index in [4.69, 9.17) is 18.9 Å². The molecule has 23 heavy (non-hydrogen) atoms. The van der Waals surface area contributed by atoms with Crippen molar-refractivity contribution in [1.29, 1.82) is 0 Å². The third-order valence-electron chi connectivity index (χ3n) is 3.26. The van der Waals surface area contributed by atoms with Gasteiger partial charge in [-0.2, -0.15) is 0 Å². The van der Waals surface area contributed by atoms with Gasteiger partial charge in [0, 0.05) is 6.07 Å². The van der Waals surface area contributed by atoms with Crippen molar-refractivity contribution < 1.29 is 23.7 Å². The zero-order valence-corrected chi connectivity index (χ0v) is 12.7. The third kappa shape index (κ3) is 3.66. The molecule has 6 heteroatoms. The summed E-state index contributed by atoms with van der Waals surface area (Å²) in [6, 6.07) is 12.4. The van der Waals surface area contributed by atoms with Gasteiger partial charge in [0.25, 0.3) is 5.91 Å². The van der Waals surface area contributed by atoms with Crippen LogP contribution in [-0.4, -0.2) is 32.8 Å². The number of amides is 1. The van der Waals surface area contributed by atoms with Crippen molar-refractivity contribution in [2.75, 3.05) is 32.2 Å². The van der Waals surface area contributed by atoms with Gasteiger partial charge in [-0.25, -0.2) is 0 Å². The molecule has 3 rings (SSSR count). The largest absolute Gasteiger partial charge is 0.495 e. The van der Waals surface area contributed by atoms with Crippen LogP contribution in [0.2, 0.25) is 0 Å². The Morgan fingerprint density at radius 3 is 2.74 bits per heavy atom. The van der Waals surface area contributed by atoms with Gasteiger partial charge < -0.3 is 24.3 Å². The van der Waals surface area contributed by atoms with Crippen LogP contribution in [0.5, 0.6) is 23.0 Å². The number of ether oxygens (including phenoxy) is 4. The molecular weight excluding hydrogens is 298 g/mol. The molecule has 1 amide bonds. The van der Waals surface area contributed by atoms with Crippen LogP contribution in [0.4, 0.5) is 5.69 Å². The molecule has 0 fully saturated rings. The van der Waals surface area contributed by atoms with E-state index < -0.39 is 0 Å². The van der Waals surface area contributed by atoms with Crippen molar-refractivity contribution in [1.82, 2.24) is 0 Å². The number of benzene rings is 2. The first-order chi connectivity index (χ1) is 11.3. The van der Waals surface area contributed by atoms with Gasteiger partial charge in [-0.15, -0.1) is 0 Å². The summed E-state index contributed by atoms with van der Waals surface area (Å²) in [5.41, 5.74) is 0.603. The van der Waals surface area contributed by atoms with E-state index in [9.17, 15) is 4.79 Å². The Balaban J connectivity index is 1.58. The van der Waals surface area contributed by atoms with E-state index in [-0.39, 0.29) is 12.5 Å². The summed E-state index contributed by atoms with van der Waals surface area (Å²) in [6.07, 6.45) is 0. The number of hydrogen-bond acceptors (Lipinski definition) is 5. The Hall–Kier alpha value is -2.89. The van der Waals surface area contributed by atoms with Crippen molar-refractivity contribution in [2.24, 2.45) is 0 Å². The predicted molar refractivity (Wildman–Crippen MR) is 84.6 cm³/mol. The highest BCUT2D eigenvalue weighted by molar-refractivity contribution is 5.93. The highest BCUT2D eigenvalue weighted by Gasteiger charge is 2.13. The van der Waals surface area contributed by atoms with Crippen molar-refractivity contribution in [2.45, 2.75) is 0 Å². The Bertz CT molecular complexity index is 701. The summed E-state index contributed by atoms with van der Waals surface area (Å²) >= 11 is 0. The first kappa shape index (κ1) is 15.0. The van der Waals surface area contributed by atoms with Gasteiger partial charge in [-0.3, -0.25) is 4.79 Å². The van der Waals surface area contributed by atoms with E-state index in [1.54, 1.807) is 37.4 Å². The van der Waals surface area contributed by atoms with Gasteiger partial charge in [0.1, 0.15) is 24.7 Å². The average Bonchev–Trinajstić information content (AvgIpc) is 2.60. The molecule has 0 aromatic heterocycles. The lowest BCUT2D eigenvalue weighted by molar-refractivity contribution is -0.118. The molecule has 0 bridgehead atoms. The van der Waals surface area contributed by atoms with E-state index in [0.29, 0.717) is 41.9 Å². The first-order valence-electron chi connectivity index (χ1n) is 7.21. The molecule has 1 N–H and O–H groups in total. The number of anilines is 1. The number of para-hydroxylation sites is 2. The highest BCUT2D eigenvalue weighted by atomic mass is 16.6. The fraction of sp³-hybridized carbons (Fsp3) is 0.235. The lowest BCUT2D eigenvalue weighted by atomic mass is 10.3. The molecule has 0 unspecified atom stereocenters. The molecule has 120 valence electrons. The maximum Gasteiger partial charge on any atom is 0.262 e. The zero-order valence-electron chi connectivity index (χ0n) is 12.7. The van der Waals surface area contributed by atoms with E-state index >= 15 is 0 Å². The van der Waals surface area contributed by atoms with E-state index in [2.05, 4.69) is 5.32 Å². The Morgan fingerprint density at radius 2 is 1.91 bits per heavy atom. The second-order valence-electron chi connectivity index (χ2n) is 4.84. The molecule has 2 aromatic rings. The molecule has 1 heterocycles. The Kier molecular flexibility index (Phi) is 4.52. The lowest BCUT2D eigenvalue weighted by Gasteiger charge is -2.18. The van der Waals surface area contributed by atoms with Crippen molar-refractivity contribution in [3.8, 4) is 23.0 Å². The number of rotatable bonds is 5.